The fourth-order valence-electron chi connectivity index (χ4n) is 6.16. The number of anilines is 1. The molecule has 4 atom stereocenters. The van der Waals surface area contributed by atoms with Gasteiger partial charge in [-0.2, -0.15) is 0 Å². The van der Waals surface area contributed by atoms with E-state index in [1.165, 1.54) is 17.8 Å². The standard InChI is InChI=1S/C30H33N5O4S/c1-3-24(36)34-15-7-8-19(17-34)32-28(37)27-26-25-23(13-14-31-29(25)40-27)35(30(38)33-26)22-12-11-21(16-18(22)2)39-20-9-5-4-6-10-20/h3-6,9-12,16,19,23,25,29,31H,1,7-8,13-15,17H2,2H3,(H,32,37)(H,33,38)/t19-,23?,25?,29?/m1/s1. The molecule has 3 saturated heterocycles. The van der Waals surface area contributed by atoms with E-state index in [2.05, 4.69) is 22.5 Å². The molecule has 0 aliphatic carbocycles. The number of nitrogens with one attached hydrogen (secondary N) is 3. The summed E-state index contributed by atoms with van der Waals surface area (Å²) in [4.78, 5) is 43.3. The third-order valence-electron chi connectivity index (χ3n) is 8.00. The Morgan fingerprint density at radius 2 is 1.98 bits per heavy atom. The molecule has 0 saturated carbocycles. The van der Waals surface area contributed by atoms with Crippen molar-refractivity contribution in [2.24, 2.45) is 5.92 Å². The number of benzene rings is 2. The first-order chi connectivity index (χ1) is 19.4. The normalized spacial score (nSPS) is 25.7. The Balaban J connectivity index is 1.22. The van der Waals surface area contributed by atoms with Crippen LogP contribution in [0.25, 0.3) is 0 Å². The second-order valence-corrected chi connectivity index (χ2v) is 11.7. The van der Waals surface area contributed by atoms with E-state index in [1.807, 2.05) is 60.4 Å². The van der Waals surface area contributed by atoms with Crippen molar-refractivity contribution in [1.82, 2.24) is 20.9 Å². The zero-order chi connectivity index (χ0) is 27.8. The number of para-hydroxylation sites is 1. The molecule has 3 unspecified atom stereocenters. The number of likely N-dealkylation sites (tertiary alicyclic amines) is 1. The number of ether oxygens (including phenoxy) is 1. The predicted octanol–water partition coefficient (Wildman–Crippen LogP) is 3.87. The SMILES string of the molecule is C=CC(=O)N1CCC[C@@H](NC(=O)C2=C3NC(=O)N(c4ccc(Oc5ccccc5)cc4C)C4CCNC(S2)C34)C1. The van der Waals surface area contributed by atoms with Crippen LogP contribution in [0.2, 0.25) is 0 Å². The summed E-state index contributed by atoms with van der Waals surface area (Å²) < 4.78 is 6.00. The summed E-state index contributed by atoms with van der Waals surface area (Å²) in [7, 11) is 0. The zero-order valence-corrected chi connectivity index (χ0v) is 23.2. The predicted molar refractivity (Wildman–Crippen MR) is 155 cm³/mol. The number of aryl methyl sites for hydroxylation is 1. The van der Waals surface area contributed by atoms with Crippen molar-refractivity contribution < 1.29 is 19.1 Å². The topological polar surface area (TPSA) is 103 Å². The van der Waals surface area contributed by atoms with Gasteiger partial charge in [0.1, 0.15) is 11.5 Å². The fourth-order valence-corrected chi connectivity index (χ4v) is 7.56. The Labute approximate surface area is 238 Å². The molecule has 3 fully saturated rings. The Morgan fingerprint density at radius 1 is 1.15 bits per heavy atom. The lowest BCUT2D eigenvalue weighted by Gasteiger charge is -2.46. The van der Waals surface area contributed by atoms with E-state index in [0.717, 1.165) is 42.8 Å². The highest BCUT2D eigenvalue weighted by molar-refractivity contribution is 8.04. The summed E-state index contributed by atoms with van der Waals surface area (Å²) in [5.41, 5.74) is 2.47. The first kappa shape index (κ1) is 26.5. The summed E-state index contributed by atoms with van der Waals surface area (Å²) in [6.07, 6.45) is 3.71. The van der Waals surface area contributed by atoms with Gasteiger partial charge in [-0.1, -0.05) is 36.5 Å². The Bertz CT molecular complexity index is 1380. The number of nitrogens with zero attached hydrogens (tertiary/aromatic N) is 2. The number of carbonyl (C=O) groups is 3. The molecule has 0 bridgehead atoms. The van der Waals surface area contributed by atoms with E-state index in [4.69, 9.17) is 4.74 Å². The van der Waals surface area contributed by atoms with Crippen LogP contribution in [0.4, 0.5) is 10.5 Å². The van der Waals surface area contributed by atoms with E-state index in [-0.39, 0.29) is 41.2 Å². The monoisotopic (exact) mass is 559 g/mol. The number of piperidine rings is 2. The Morgan fingerprint density at radius 3 is 2.75 bits per heavy atom. The van der Waals surface area contributed by atoms with Gasteiger partial charge in [-0.25, -0.2) is 4.79 Å². The van der Waals surface area contributed by atoms with Gasteiger partial charge in [0.2, 0.25) is 5.91 Å². The molecule has 6 rings (SSSR count). The van der Waals surface area contributed by atoms with Crippen molar-refractivity contribution in [3.05, 3.63) is 77.4 Å². The number of amides is 4. The lowest BCUT2D eigenvalue weighted by molar-refractivity contribution is -0.128. The van der Waals surface area contributed by atoms with Crippen LogP contribution in [0.15, 0.2) is 71.8 Å². The Kier molecular flexibility index (Phi) is 7.29. The van der Waals surface area contributed by atoms with Crippen LogP contribution >= 0.6 is 11.8 Å². The van der Waals surface area contributed by atoms with Gasteiger partial charge in [0.15, 0.2) is 0 Å². The highest BCUT2D eigenvalue weighted by Gasteiger charge is 2.52. The average molecular weight is 560 g/mol. The van der Waals surface area contributed by atoms with Crippen molar-refractivity contribution in [3.63, 3.8) is 0 Å². The van der Waals surface area contributed by atoms with Gasteiger partial charge in [0.25, 0.3) is 5.91 Å². The Hall–Kier alpha value is -3.76. The second kappa shape index (κ2) is 11.0. The number of hydrogen-bond acceptors (Lipinski definition) is 6. The highest BCUT2D eigenvalue weighted by Crippen LogP contribution is 2.48. The van der Waals surface area contributed by atoms with E-state index in [9.17, 15) is 14.4 Å². The smallest absolute Gasteiger partial charge is 0.326 e. The number of carbonyl (C=O) groups excluding carboxylic acids is 3. The molecule has 4 aliphatic heterocycles. The quantitative estimate of drug-likeness (QED) is 0.465. The fraction of sp³-hybridized carbons (Fsp3) is 0.367. The first-order valence-corrected chi connectivity index (χ1v) is 14.6. The van der Waals surface area contributed by atoms with E-state index in [0.29, 0.717) is 29.4 Å². The maximum Gasteiger partial charge on any atom is 0.326 e. The molecular formula is C30H33N5O4S. The number of rotatable bonds is 6. The molecule has 3 N–H and O–H groups in total. The summed E-state index contributed by atoms with van der Waals surface area (Å²) in [6, 6.07) is 14.9. The lowest BCUT2D eigenvalue weighted by Crippen LogP contribution is -2.62. The van der Waals surface area contributed by atoms with Crippen LogP contribution < -0.4 is 25.6 Å². The van der Waals surface area contributed by atoms with Gasteiger partial charge in [0, 0.05) is 36.4 Å². The van der Waals surface area contributed by atoms with Gasteiger partial charge < -0.3 is 25.6 Å². The van der Waals surface area contributed by atoms with Gasteiger partial charge in [-0.3, -0.25) is 14.5 Å². The molecule has 4 aliphatic rings. The van der Waals surface area contributed by atoms with E-state index < -0.39 is 0 Å². The third-order valence-corrected chi connectivity index (χ3v) is 9.35. The van der Waals surface area contributed by atoms with Crippen LogP contribution in [-0.2, 0) is 9.59 Å². The van der Waals surface area contributed by atoms with Crippen molar-refractivity contribution in [2.45, 2.75) is 43.6 Å². The maximum absolute atomic E-state index is 13.6. The van der Waals surface area contributed by atoms with Crippen LogP contribution in [-0.4, -0.2) is 59.8 Å². The second-order valence-electron chi connectivity index (χ2n) is 10.6. The van der Waals surface area contributed by atoms with E-state index in [1.54, 1.807) is 4.90 Å². The van der Waals surface area contributed by atoms with Gasteiger partial charge in [0.05, 0.1) is 16.3 Å². The molecule has 0 aromatic heterocycles. The van der Waals surface area contributed by atoms with Crippen molar-refractivity contribution in [2.75, 3.05) is 24.5 Å². The molecule has 40 heavy (non-hydrogen) atoms. The van der Waals surface area contributed by atoms with Gasteiger partial charge in [-0.15, -0.1) is 0 Å². The summed E-state index contributed by atoms with van der Waals surface area (Å²) in [5.74, 6) is 1.11. The van der Waals surface area contributed by atoms with Crippen LogP contribution in [0, 0.1) is 12.8 Å². The summed E-state index contributed by atoms with van der Waals surface area (Å²) in [5, 5.41) is 9.74. The van der Waals surface area contributed by atoms with Gasteiger partial charge >= 0.3 is 6.03 Å². The molecule has 10 heteroatoms. The molecule has 208 valence electrons. The average Bonchev–Trinajstić information content (AvgIpc) is 3.33. The largest absolute Gasteiger partial charge is 0.457 e. The summed E-state index contributed by atoms with van der Waals surface area (Å²) >= 11 is 1.48. The van der Waals surface area contributed by atoms with Crippen molar-refractivity contribution in [1.29, 1.82) is 0 Å². The molecule has 4 heterocycles. The highest BCUT2D eigenvalue weighted by atomic mass is 32.2. The zero-order valence-electron chi connectivity index (χ0n) is 22.4. The van der Waals surface area contributed by atoms with Crippen LogP contribution in [0.3, 0.4) is 0 Å². The number of thioether (sulfide) groups is 1. The molecule has 9 nitrogen and oxygen atoms in total. The van der Waals surface area contributed by atoms with Crippen molar-refractivity contribution in [3.8, 4) is 11.5 Å². The molecule has 0 radical (unpaired) electrons. The lowest BCUT2D eigenvalue weighted by atomic mass is 9.86. The molecule has 0 spiro atoms. The van der Waals surface area contributed by atoms with Gasteiger partial charge in [-0.05, 0) is 74.7 Å². The van der Waals surface area contributed by atoms with Crippen molar-refractivity contribution >= 4 is 35.3 Å². The third kappa shape index (κ3) is 4.97. The first-order valence-electron chi connectivity index (χ1n) is 13.7. The number of hydrogen-bond donors (Lipinski definition) is 3. The molecule has 2 aromatic rings. The van der Waals surface area contributed by atoms with E-state index >= 15 is 0 Å². The molecular weight excluding hydrogens is 526 g/mol. The maximum atomic E-state index is 13.6. The molecule has 4 amide bonds. The molecule has 2 aromatic carbocycles. The summed E-state index contributed by atoms with van der Waals surface area (Å²) in [6.45, 7) is 7.44. The van der Waals surface area contributed by atoms with Crippen LogP contribution in [0.5, 0.6) is 11.5 Å². The van der Waals surface area contributed by atoms with Crippen LogP contribution in [0.1, 0.15) is 24.8 Å². The minimum atomic E-state index is -0.232. The minimum absolute atomic E-state index is 0.0104. The number of urea groups is 1. The minimum Gasteiger partial charge on any atom is -0.457 e.